The molecule has 0 spiro atoms. The van der Waals surface area contributed by atoms with Gasteiger partial charge in [-0.1, -0.05) is 48.5 Å². The summed E-state index contributed by atoms with van der Waals surface area (Å²) in [6, 6.07) is 21.2. The van der Waals surface area contributed by atoms with E-state index >= 15 is 0 Å². The number of hydrogen-bond donors (Lipinski definition) is 2. The molecule has 0 heterocycles. The molecule has 162 valence electrons. The summed E-state index contributed by atoms with van der Waals surface area (Å²) in [5, 5.41) is 8.69. The van der Waals surface area contributed by atoms with E-state index in [1.807, 2.05) is 39.0 Å². The van der Waals surface area contributed by atoms with Crippen molar-refractivity contribution in [1.29, 1.82) is 0 Å². The molecule has 3 aromatic rings. The quantitative estimate of drug-likeness (QED) is 0.542. The van der Waals surface area contributed by atoms with E-state index in [0.29, 0.717) is 24.3 Å². The Kier molecular flexibility index (Phi) is 7.42. The molecule has 0 aliphatic heterocycles. The molecular formula is C26H31N3O2. The van der Waals surface area contributed by atoms with Crippen molar-refractivity contribution in [2.45, 2.75) is 39.8 Å². The summed E-state index contributed by atoms with van der Waals surface area (Å²) in [5.74, 6) is -0.170. The molecular weight excluding hydrogens is 386 g/mol. The van der Waals surface area contributed by atoms with E-state index in [9.17, 15) is 9.59 Å². The highest BCUT2D eigenvalue weighted by Crippen LogP contribution is 2.24. The second-order valence-corrected chi connectivity index (χ2v) is 7.73. The van der Waals surface area contributed by atoms with E-state index in [2.05, 4.69) is 41.8 Å². The number of fused-ring (bicyclic) bond motifs is 1. The third-order valence-corrected chi connectivity index (χ3v) is 5.61. The van der Waals surface area contributed by atoms with Crippen LogP contribution in [-0.2, 0) is 4.79 Å². The van der Waals surface area contributed by atoms with Crippen molar-refractivity contribution in [3.63, 3.8) is 0 Å². The average Bonchev–Trinajstić information content (AvgIpc) is 2.79. The molecule has 2 unspecified atom stereocenters. The van der Waals surface area contributed by atoms with Crippen LogP contribution in [0.2, 0.25) is 0 Å². The van der Waals surface area contributed by atoms with Crippen molar-refractivity contribution in [3.05, 3.63) is 77.9 Å². The maximum Gasteiger partial charge on any atom is 0.253 e. The lowest BCUT2D eigenvalue weighted by Gasteiger charge is -2.22. The van der Waals surface area contributed by atoms with Crippen LogP contribution in [0.4, 0.5) is 5.69 Å². The van der Waals surface area contributed by atoms with E-state index in [-0.39, 0.29) is 17.9 Å². The lowest BCUT2D eigenvalue weighted by molar-refractivity contribution is -0.117. The second kappa shape index (κ2) is 10.2. The molecule has 2 amide bonds. The van der Waals surface area contributed by atoms with Crippen molar-refractivity contribution >= 4 is 28.3 Å². The Bertz CT molecular complexity index is 1050. The second-order valence-electron chi connectivity index (χ2n) is 7.73. The normalized spacial score (nSPS) is 12.9. The number of carbonyl (C=O) groups is 2. The maximum absolute atomic E-state index is 12.8. The van der Waals surface area contributed by atoms with Crippen LogP contribution in [0.5, 0.6) is 0 Å². The van der Waals surface area contributed by atoms with Gasteiger partial charge in [-0.25, -0.2) is 0 Å². The fourth-order valence-electron chi connectivity index (χ4n) is 3.84. The number of hydrogen-bond acceptors (Lipinski definition) is 3. The zero-order valence-corrected chi connectivity index (χ0v) is 18.7. The number of rotatable bonds is 8. The van der Waals surface area contributed by atoms with E-state index < -0.39 is 6.04 Å². The van der Waals surface area contributed by atoms with Crippen LogP contribution in [0.1, 0.15) is 49.7 Å². The highest BCUT2D eigenvalue weighted by Gasteiger charge is 2.19. The molecule has 0 fully saturated rings. The van der Waals surface area contributed by atoms with Gasteiger partial charge in [-0.3, -0.25) is 14.9 Å². The van der Waals surface area contributed by atoms with Crippen molar-refractivity contribution in [2.75, 3.05) is 18.4 Å². The first kappa shape index (κ1) is 22.5. The monoisotopic (exact) mass is 417 g/mol. The van der Waals surface area contributed by atoms with E-state index in [4.69, 9.17) is 0 Å². The molecule has 31 heavy (non-hydrogen) atoms. The van der Waals surface area contributed by atoms with Crippen molar-refractivity contribution in [2.24, 2.45) is 0 Å². The van der Waals surface area contributed by atoms with Gasteiger partial charge in [0.25, 0.3) is 5.91 Å². The van der Waals surface area contributed by atoms with Gasteiger partial charge in [0.2, 0.25) is 5.91 Å². The minimum absolute atomic E-state index is 0.00225. The Morgan fingerprint density at radius 2 is 1.58 bits per heavy atom. The largest absolute Gasteiger partial charge is 0.339 e. The molecule has 5 nitrogen and oxygen atoms in total. The number of amides is 2. The summed E-state index contributed by atoms with van der Waals surface area (Å²) in [6.45, 7) is 9.13. The highest BCUT2D eigenvalue weighted by atomic mass is 16.2. The van der Waals surface area contributed by atoms with Gasteiger partial charge in [-0.15, -0.1) is 0 Å². The van der Waals surface area contributed by atoms with Crippen LogP contribution < -0.4 is 10.6 Å². The van der Waals surface area contributed by atoms with Gasteiger partial charge >= 0.3 is 0 Å². The lowest BCUT2D eigenvalue weighted by Crippen LogP contribution is -2.39. The third-order valence-electron chi connectivity index (χ3n) is 5.61. The van der Waals surface area contributed by atoms with Gasteiger partial charge < -0.3 is 10.2 Å². The molecule has 0 aliphatic rings. The number of nitrogens with zero attached hydrogens (tertiary/aromatic N) is 1. The van der Waals surface area contributed by atoms with Gasteiger partial charge in [0.15, 0.2) is 0 Å². The van der Waals surface area contributed by atoms with Gasteiger partial charge in [0.1, 0.15) is 0 Å². The van der Waals surface area contributed by atoms with Crippen molar-refractivity contribution < 1.29 is 9.59 Å². The molecule has 0 bridgehead atoms. The highest BCUT2D eigenvalue weighted by molar-refractivity contribution is 5.98. The van der Waals surface area contributed by atoms with Crippen LogP contribution in [0, 0.1) is 0 Å². The van der Waals surface area contributed by atoms with Gasteiger partial charge in [0.05, 0.1) is 6.04 Å². The predicted octanol–water partition coefficient (Wildman–Crippen LogP) is 5.00. The lowest BCUT2D eigenvalue weighted by atomic mass is 9.99. The molecule has 5 heteroatoms. The first-order valence-electron chi connectivity index (χ1n) is 10.9. The van der Waals surface area contributed by atoms with E-state index in [0.717, 1.165) is 5.56 Å². The smallest absolute Gasteiger partial charge is 0.253 e. The Balaban J connectivity index is 1.68. The zero-order valence-electron chi connectivity index (χ0n) is 18.7. The Hall–Kier alpha value is -3.18. The summed E-state index contributed by atoms with van der Waals surface area (Å²) in [4.78, 5) is 27.2. The molecule has 2 atom stereocenters. The maximum atomic E-state index is 12.8. The minimum atomic E-state index is -0.406. The minimum Gasteiger partial charge on any atom is -0.339 e. The Morgan fingerprint density at radius 1 is 0.903 bits per heavy atom. The first-order valence-corrected chi connectivity index (χ1v) is 10.9. The summed E-state index contributed by atoms with van der Waals surface area (Å²) in [6.07, 6.45) is 0. The molecule has 0 saturated heterocycles. The summed E-state index contributed by atoms with van der Waals surface area (Å²) in [7, 11) is 0. The topological polar surface area (TPSA) is 61.4 Å². The van der Waals surface area contributed by atoms with Crippen molar-refractivity contribution in [3.8, 4) is 0 Å². The van der Waals surface area contributed by atoms with E-state index in [1.54, 1.807) is 29.2 Å². The molecule has 0 radical (unpaired) electrons. The summed E-state index contributed by atoms with van der Waals surface area (Å²) < 4.78 is 0. The molecule has 3 aromatic carbocycles. The van der Waals surface area contributed by atoms with Gasteiger partial charge in [-0.2, -0.15) is 0 Å². The van der Waals surface area contributed by atoms with Crippen LogP contribution >= 0.6 is 0 Å². The van der Waals surface area contributed by atoms with E-state index in [1.165, 1.54) is 10.8 Å². The Morgan fingerprint density at radius 3 is 2.32 bits per heavy atom. The number of benzene rings is 3. The van der Waals surface area contributed by atoms with Gasteiger partial charge in [-0.05, 0) is 62.2 Å². The number of nitrogens with one attached hydrogen (secondary N) is 2. The fourth-order valence-corrected chi connectivity index (χ4v) is 3.84. The van der Waals surface area contributed by atoms with Crippen LogP contribution in [-0.4, -0.2) is 35.8 Å². The molecule has 2 N–H and O–H groups in total. The predicted molar refractivity (Wildman–Crippen MR) is 127 cm³/mol. The van der Waals surface area contributed by atoms with Gasteiger partial charge in [0, 0.05) is 30.4 Å². The SMILES string of the molecule is CCN(CC)C(=O)c1cccc(NC(=O)C(C)NC(C)c2cccc3ccccc23)c1. The Labute approximate surface area is 184 Å². The third kappa shape index (κ3) is 5.30. The van der Waals surface area contributed by atoms with Crippen LogP contribution in [0.15, 0.2) is 66.7 Å². The first-order chi connectivity index (χ1) is 14.9. The molecule has 0 aliphatic carbocycles. The zero-order chi connectivity index (χ0) is 22.4. The molecule has 3 rings (SSSR count). The molecule has 0 saturated carbocycles. The van der Waals surface area contributed by atoms with Crippen molar-refractivity contribution in [1.82, 2.24) is 10.2 Å². The fraction of sp³-hybridized carbons (Fsp3) is 0.308. The molecule has 0 aromatic heterocycles. The number of anilines is 1. The average molecular weight is 418 g/mol. The van der Waals surface area contributed by atoms with Crippen LogP contribution in [0.3, 0.4) is 0 Å². The van der Waals surface area contributed by atoms with Crippen LogP contribution in [0.25, 0.3) is 10.8 Å². The summed E-state index contributed by atoms with van der Waals surface area (Å²) in [5.41, 5.74) is 2.35. The number of carbonyl (C=O) groups excluding carboxylic acids is 2. The standard InChI is InChI=1S/C26H31N3O2/c1-5-29(6-2)26(31)21-13-9-14-22(17-21)28-25(30)19(4)27-18(3)23-16-10-12-20-11-7-8-15-24(20)23/h7-19,27H,5-6H2,1-4H3,(H,28,30). The summed E-state index contributed by atoms with van der Waals surface area (Å²) >= 11 is 0.